The summed E-state index contributed by atoms with van der Waals surface area (Å²) < 4.78 is 2.27. The van der Waals surface area contributed by atoms with Crippen molar-refractivity contribution in [2.45, 2.75) is 58.0 Å². The van der Waals surface area contributed by atoms with Crippen molar-refractivity contribution in [2.24, 2.45) is 30.2 Å². The molecule has 4 aliphatic rings. The van der Waals surface area contributed by atoms with Crippen molar-refractivity contribution in [2.75, 3.05) is 0 Å². The molecular formula is C22H30N2. The maximum Gasteiger partial charge on any atom is 0.0481 e. The minimum Gasteiger partial charge on any atom is -0.350 e. The Morgan fingerprint density at radius 3 is 2.38 bits per heavy atom. The molecule has 0 spiro atoms. The highest BCUT2D eigenvalue weighted by atomic mass is 15.0. The molecule has 1 aromatic heterocycles. The van der Waals surface area contributed by atoms with Crippen molar-refractivity contribution in [1.82, 2.24) is 9.88 Å². The van der Waals surface area contributed by atoms with Crippen LogP contribution in [0.2, 0.25) is 0 Å². The van der Waals surface area contributed by atoms with Gasteiger partial charge in [-0.15, -0.1) is 0 Å². The van der Waals surface area contributed by atoms with E-state index in [9.17, 15) is 0 Å². The van der Waals surface area contributed by atoms with Gasteiger partial charge in [0.15, 0.2) is 0 Å². The average molecular weight is 322 g/mol. The SMILES string of the molecule is C[C@@H](NCc1cn(C)c2ccccc12)C12CC3CC(CC(C3)C1)C2. The highest BCUT2D eigenvalue weighted by molar-refractivity contribution is 5.83. The Balaban J connectivity index is 1.35. The van der Waals surface area contributed by atoms with Crippen LogP contribution < -0.4 is 5.32 Å². The molecule has 6 rings (SSSR count). The number of fused-ring (bicyclic) bond motifs is 1. The van der Waals surface area contributed by atoms with Crippen LogP contribution in [-0.4, -0.2) is 10.6 Å². The van der Waals surface area contributed by atoms with Gasteiger partial charge in [0, 0.05) is 36.7 Å². The molecule has 2 nitrogen and oxygen atoms in total. The summed E-state index contributed by atoms with van der Waals surface area (Å²) in [5.41, 5.74) is 3.39. The molecule has 0 aliphatic heterocycles. The lowest BCUT2D eigenvalue weighted by Crippen LogP contribution is -2.54. The van der Waals surface area contributed by atoms with Gasteiger partial charge in [0.1, 0.15) is 0 Å². The first-order chi connectivity index (χ1) is 11.6. The topological polar surface area (TPSA) is 17.0 Å². The Hall–Kier alpha value is -1.28. The van der Waals surface area contributed by atoms with E-state index in [-0.39, 0.29) is 0 Å². The molecule has 128 valence electrons. The number of rotatable bonds is 4. The summed E-state index contributed by atoms with van der Waals surface area (Å²) >= 11 is 0. The molecule has 0 saturated heterocycles. The molecule has 1 atom stereocenters. The van der Waals surface area contributed by atoms with Gasteiger partial charge in [0.05, 0.1) is 0 Å². The van der Waals surface area contributed by atoms with Crippen molar-refractivity contribution in [1.29, 1.82) is 0 Å². The molecule has 4 saturated carbocycles. The maximum atomic E-state index is 3.95. The van der Waals surface area contributed by atoms with E-state index in [1.165, 1.54) is 55.0 Å². The zero-order valence-corrected chi connectivity index (χ0v) is 15.1. The monoisotopic (exact) mass is 322 g/mol. The van der Waals surface area contributed by atoms with Crippen molar-refractivity contribution in [3.63, 3.8) is 0 Å². The number of benzene rings is 1. The maximum absolute atomic E-state index is 3.95. The second-order valence-electron chi connectivity index (χ2n) is 9.16. The van der Waals surface area contributed by atoms with Crippen LogP contribution in [0.1, 0.15) is 51.0 Å². The second-order valence-corrected chi connectivity index (χ2v) is 9.16. The molecule has 2 heteroatoms. The number of nitrogens with zero attached hydrogens (tertiary/aromatic N) is 1. The zero-order chi connectivity index (χ0) is 16.3. The molecular weight excluding hydrogens is 292 g/mol. The number of aryl methyl sites for hydroxylation is 1. The predicted octanol–water partition coefficient (Wildman–Crippen LogP) is 4.87. The first-order valence-corrected chi connectivity index (χ1v) is 9.89. The number of aromatic nitrogens is 1. The van der Waals surface area contributed by atoms with Crippen LogP contribution in [0.5, 0.6) is 0 Å². The summed E-state index contributed by atoms with van der Waals surface area (Å²) in [6, 6.07) is 9.43. The van der Waals surface area contributed by atoms with E-state index >= 15 is 0 Å². The number of para-hydroxylation sites is 1. The lowest BCUT2D eigenvalue weighted by Gasteiger charge is -2.59. The van der Waals surface area contributed by atoms with Crippen molar-refractivity contribution in [3.8, 4) is 0 Å². The molecule has 0 unspecified atom stereocenters. The summed E-state index contributed by atoms with van der Waals surface area (Å²) in [6.45, 7) is 3.47. The standard InChI is InChI=1S/C22H30N2/c1-15(22-10-16-7-17(11-22)9-18(8-16)12-22)23-13-19-14-24(2)21-6-4-3-5-20(19)21/h3-6,14-18,23H,7-13H2,1-2H3/t15-,16?,17?,18?,22?/m1/s1. The summed E-state index contributed by atoms with van der Waals surface area (Å²) in [5, 5.41) is 5.36. The van der Waals surface area contributed by atoms with Crippen molar-refractivity contribution >= 4 is 10.9 Å². The summed E-state index contributed by atoms with van der Waals surface area (Å²) in [6.07, 6.45) is 11.4. The van der Waals surface area contributed by atoms with E-state index in [2.05, 4.69) is 54.3 Å². The zero-order valence-electron chi connectivity index (χ0n) is 15.1. The highest BCUT2D eigenvalue weighted by Crippen LogP contribution is 2.61. The Bertz CT molecular complexity index is 721. The molecule has 4 fully saturated rings. The van der Waals surface area contributed by atoms with Gasteiger partial charge in [-0.05, 0) is 80.2 Å². The van der Waals surface area contributed by atoms with Crippen molar-refractivity contribution < 1.29 is 0 Å². The third kappa shape index (κ3) is 2.26. The highest BCUT2D eigenvalue weighted by Gasteiger charge is 2.52. The molecule has 1 N–H and O–H groups in total. The van der Waals surface area contributed by atoms with E-state index in [0.717, 1.165) is 24.3 Å². The van der Waals surface area contributed by atoms with Crippen LogP contribution in [0, 0.1) is 23.2 Å². The molecule has 4 aliphatic carbocycles. The van der Waals surface area contributed by atoms with Crippen LogP contribution >= 0.6 is 0 Å². The predicted molar refractivity (Wildman–Crippen MR) is 99.8 cm³/mol. The number of nitrogens with one attached hydrogen (secondary N) is 1. The van der Waals surface area contributed by atoms with Gasteiger partial charge in [-0.25, -0.2) is 0 Å². The lowest BCUT2D eigenvalue weighted by atomic mass is 9.48. The molecule has 2 aromatic rings. The Morgan fingerprint density at radius 2 is 1.71 bits per heavy atom. The minimum atomic E-state index is 0.597. The summed E-state index contributed by atoms with van der Waals surface area (Å²) in [5.74, 6) is 3.12. The van der Waals surface area contributed by atoms with Gasteiger partial charge < -0.3 is 9.88 Å². The second kappa shape index (κ2) is 5.36. The third-order valence-corrected chi connectivity index (χ3v) is 7.58. The van der Waals surface area contributed by atoms with Crippen LogP contribution in [0.15, 0.2) is 30.5 Å². The van der Waals surface area contributed by atoms with E-state index < -0.39 is 0 Å². The van der Waals surface area contributed by atoms with Crippen LogP contribution in [-0.2, 0) is 13.6 Å². The molecule has 4 bridgehead atoms. The van der Waals surface area contributed by atoms with Crippen LogP contribution in [0.4, 0.5) is 0 Å². The first kappa shape index (κ1) is 15.0. The minimum absolute atomic E-state index is 0.597. The fraction of sp³-hybridized carbons (Fsp3) is 0.636. The normalized spacial score (nSPS) is 35.7. The summed E-state index contributed by atoms with van der Waals surface area (Å²) in [7, 11) is 2.16. The third-order valence-electron chi connectivity index (χ3n) is 7.58. The van der Waals surface area contributed by atoms with E-state index in [0.29, 0.717) is 11.5 Å². The summed E-state index contributed by atoms with van der Waals surface area (Å²) in [4.78, 5) is 0. The van der Waals surface area contributed by atoms with Crippen LogP contribution in [0.3, 0.4) is 0 Å². The molecule has 1 aromatic carbocycles. The largest absolute Gasteiger partial charge is 0.350 e. The van der Waals surface area contributed by atoms with Gasteiger partial charge >= 0.3 is 0 Å². The van der Waals surface area contributed by atoms with Crippen molar-refractivity contribution in [3.05, 3.63) is 36.0 Å². The number of hydrogen-bond donors (Lipinski definition) is 1. The fourth-order valence-corrected chi connectivity index (χ4v) is 6.75. The van der Waals surface area contributed by atoms with E-state index in [1.807, 2.05) is 0 Å². The average Bonchev–Trinajstić information content (AvgIpc) is 2.88. The molecule has 1 heterocycles. The van der Waals surface area contributed by atoms with Gasteiger partial charge in [-0.3, -0.25) is 0 Å². The first-order valence-electron chi connectivity index (χ1n) is 9.89. The van der Waals surface area contributed by atoms with Gasteiger partial charge in [0.25, 0.3) is 0 Å². The van der Waals surface area contributed by atoms with Gasteiger partial charge in [-0.1, -0.05) is 18.2 Å². The lowest BCUT2D eigenvalue weighted by molar-refractivity contribution is -0.0706. The Morgan fingerprint density at radius 1 is 1.08 bits per heavy atom. The van der Waals surface area contributed by atoms with Crippen LogP contribution in [0.25, 0.3) is 10.9 Å². The van der Waals surface area contributed by atoms with E-state index in [4.69, 9.17) is 0 Å². The quantitative estimate of drug-likeness (QED) is 0.849. The molecule has 0 radical (unpaired) electrons. The van der Waals surface area contributed by atoms with E-state index in [1.54, 1.807) is 0 Å². The van der Waals surface area contributed by atoms with Gasteiger partial charge in [0.2, 0.25) is 0 Å². The number of hydrogen-bond acceptors (Lipinski definition) is 1. The molecule has 24 heavy (non-hydrogen) atoms. The smallest absolute Gasteiger partial charge is 0.0481 e. The molecule has 0 amide bonds. The fourth-order valence-electron chi connectivity index (χ4n) is 6.75. The van der Waals surface area contributed by atoms with Gasteiger partial charge in [-0.2, -0.15) is 0 Å². The Labute approximate surface area is 145 Å². The Kier molecular flexibility index (Phi) is 3.35.